The zero-order valence-electron chi connectivity index (χ0n) is 11.1. The van der Waals surface area contributed by atoms with E-state index < -0.39 is 0 Å². The molecule has 4 heteroatoms. The number of esters is 1. The molecule has 0 saturated heterocycles. The van der Waals surface area contributed by atoms with Crippen molar-refractivity contribution in [2.75, 3.05) is 11.6 Å². The van der Waals surface area contributed by atoms with Gasteiger partial charge in [-0.2, -0.15) is 5.10 Å². The Bertz CT molecular complexity index is 498. The van der Waals surface area contributed by atoms with Crippen LogP contribution in [0.4, 0.5) is 5.69 Å². The molecule has 0 aromatic heterocycles. The minimum atomic E-state index is -0.252. The molecule has 2 aliphatic rings. The summed E-state index contributed by atoms with van der Waals surface area (Å²) in [5.41, 5.74) is 1.66. The molecule has 2 unspecified atom stereocenters. The Morgan fingerprint density at radius 3 is 2.89 bits per heavy atom. The van der Waals surface area contributed by atoms with E-state index in [2.05, 4.69) is 5.10 Å². The quantitative estimate of drug-likeness (QED) is 0.783. The summed E-state index contributed by atoms with van der Waals surface area (Å²) >= 11 is 0. The fourth-order valence-corrected chi connectivity index (χ4v) is 3.04. The van der Waals surface area contributed by atoms with Crippen LogP contribution in [0.2, 0.25) is 0 Å². The van der Waals surface area contributed by atoms with Crippen molar-refractivity contribution >= 4 is 17.4 Å². The number of fused-ring (bicyclic) bond motifs is 1. The van der Waals surface area contributed by atoms with Crippen molar-refractivity contribution < 1.29 is 9.53 Å². The lowest BCUT2D eigenvalue weighted by molar-refractivity contribution is -0.135. The molecular weight excluding hydrogens is 240 g/mol. The summed E-state index contributed by atoms with van der Waals surface area (Å²) in [5.74, 6) is -0.0166. The molecule has 1 aromatic carbocycles. The van der Waals surface area contributed by atoms with Crippen LogP contribution in [0.25, 0.3) is 0 Å². The van der Waals surface area contributed by atoms with E-state index in [1.54, 1.807) is 0 Å². The van der Waals surface area contributed by atoms with Crippen LogP contribution >= 0.6 is 0 Å². The first kappa shape index (κ1) is 12.2. The summed E-state index contributed by atoms with van der Waals surface area (Å²) in [5, 5.41) is 6.54. The summed E-state index contributed by atoms with van der Waals surface area (Å²) in [4.78, 5) is 12.0. The van der Waals surface area contributed by atoms with Crippen LogP contribution in [0.15, 0.2) is 35.4 Å². The van der Waals surface area contributed by atoms with Gasteiger partial charge in [0.1, 0.15) is 0 Å². The third-order valence-electron chi connectivity index (χ3n) is 3.87. The Morgan fingerprint density at radius 2 is 2.16 bits per heavy atom. The van der Waals surface area contributed by atoms with E-state index in [0.29, 0.717) is 18.4 Å². The molecular formula is C15H18N2O2. The number of nitrogens with zero attached hydrogens (tertiary/aromatic N) is 2. The molecule has 0 bridgehead atoms. The molecule has 2 atom stereocenters. The first-order valence-electron chi connectivity index (χ1n) is 6.91. The maximum Gasteiger partial charge on any atom is 0.354 e. The van der Waals surface area contributed by atoms with Gasteiger partial charge in [-0.05, 0) is 31.9 Å². The number of anilines is 1. The predicted octanol–water partition coefficient (Wildman–Crippen LogP) is 2.59. The van der Waals surface area contributed by atoms with Crippen LogP contribution in [0, 0.1) is 5.92 Å². The molecule has 4 nitrogen and oxygen atoms in total. The number of benzene rings is 1. The molecule has 1 aliphatic carbocycles. The standard InChI is InChI=1S/C15H18N2O2/c1-2-19-15(18)14-12-9-6-10-13(12)17(16-14)11-7-4-3-5-8-11/h3-5,7-8,12-13H,2,6,9-10H2,1H3. The highest BCUT2D eigenvalue weighted by Gasteiger charge is 2.44. The highest BCUT2D eigenvalue weighted by atomic mass is 16.5. The van der Waals surface area contributed by atoms with Crippen molar-refractivity contribution in [1.82, 2.24) is 0 Å². The van der Waals surface area contributed by atoms with E-state index in [1.807, 2.05) is 42.3 Å². The SMILES string of the molecule is CCOC(=O)C1=NN(c2ccccc2)C2CCCC12. The van der Waals surface area contributed by atoms with Crippen molar-refractivity contribution in [3.63, 3.8) is 0 Å². The first-order valence-corrected chi connectivity index (χ1v) is 6.91. The minimum absolute atomic E-state index is 0.235. The number of ether oxygens (including phenoxy) is 1. The Kier molecular flexibility index (Phi) is 3.23. The highest BCUT2D eigenvalue weighted by molar-refractivity contribution is 6.38. The van der Waals surface area contributed by atoms with Crippen molar-refractivity contribution in [2.45, 2.75) is 32.2 Å². The van der Waals surface area contributed by atoms with Crippen molar-refractivity contribution in [2.24, 2.45) is 11.0 Å². The normalized spacial score (nSPS) is 25.1. The second kappa shape index (κ2) is 5.03. The van der Waals surface area contributed by atoms with E-state index in [-0.39, 0.29) is 11.9 Å². The Labute approximate surface area is 113 Å². The first-order chi connectivity index (χ1) is 9.31. The molecule has 1 heterocycles. The fraction of sp³-hybridized carbons (Fsp3) is 0.467. The second-order valence-electron chi connectivity index (χ2n) is 4.99. The lowest BCUT2D eigenvalue weighted by Gasteiger charge is -2.22. The maximum atomic E-state index is 12.0. The van der Waals surface area contributed by atoms with Gasteiger partial charge in [0.15, 0.2) is 5.71 Å². The number of hydrogen-bond acceptors (Lipinski definition) is 4. The number of hydrazone groups is 1. The lowest BCUT2D eigenvalue weighted by atomic mass is 9.98. The van der Waals surface area contributed by atoms with E-state index >= 15 is 0 Å². The average molecular weight is 258 g/mol. The number of hydrogen-bond donors (Lipinski definition) is 0. The Morgan fingerprint density at radius 1 is 1.37 bits per heavy atom. The molecule has 1 saturated carbocycles. The van der Waals surface area contributed by atoms with Gasteiger partial charge in [-0.1, -0.05) is 24.6 Å². The molecule has 0 N–H and O–H groups in total. The average Bonchev–Trinajstić information content (AvgIpc) is 3.01. The molecule has 100 valence electrons. The zero-order chi connectivity index (χ0) is 13.2. The van der Waals surface area contributed by atoms with Gasteiger partial charge in [0, 0.05) is 5.92 Å². The molecule has 19 heavy (non-hydrogen) atoms. The molecule has 1 aliphatic heterocycles. The lowest BCUT2D eigenvalue weighted by Crippen LogP contribution is -2.30. The van der Waals surface area contributed by atoms with Crippen molar-refractivity contribution in [1.29, 1.82) is 0 Å². The number of rotatable bonds is 3. The largest absolute Gasteiger partial charge is 0.461 e. The van der Waals surface area contributed by atoms with Gasteiger partial charge >= 0.3 is 5.97 Å². The second-order valence-corrected chi connectivity index (χ2v) is 4.99. The fourth-order valence-electron chi connectivity index (χ4n) is 3.04. The van der Waals surface area contributed by atoms with Gasteiger partial charge in [-0.25, -0.2) is 4.79 Å². The summed E-state index contributed by atoms with van der Waals surface area (Å²) in [6, 6.07) is 10.4. The number of carbonyl (C=O) groups is 1. The molecule has 3 rings (SSSR count). The van der Waals surface area contributed by atoms with Gasteiger partial charge < -0.3 is 4.74 Å². The third-order valence-corrected chi connectivity index (χ3v) is 3.87. The molecule has 0 radical (unpaired) electrons. The minimum Gasteiger partial charge on any atom is -0.461 e. The van der Waals surface area contributed by atoms with Crippen molar-refractivity contribution in [3.05, 3.63) is 30.3 Å². The molecule has 1 aromatic rings. The van der Waals surface area contributed by atoms with Crippen molar-refractivity contribution in [3.8, 4) is 0 Å². The summed E-state index contributed by atoms with van der Waals surface area (Å²) in [6.07, 6.45) is 3.27. The Balaban J connectivity index is 1.91. The monoisotopic (exact) mass is 258 g/mol. The molecule has 0 amide bonds. The van der Waals surface area contributed by atoms with Crippen LogP contribution in [0.1, 0.15) is 26.2 Å². The van der Waals surface area contributed by atoms with E-state index in [4.69, 9.17) is 4.74 Å². The summed E-state index contributed by atoms with van der Waals surface area (Å²) < 4.78 is 5.12. The third kappa shape index (κ3) is 2.11. The van der Waals surface area contributed by atoms with Crippen LogP contribution in [0.5, 0.6) is 0 Å². The summed E-state index contributed by atoms with van der Waals surface area (Å²) in [6.45, 7) is 2.23. The highest BCUT2D eigenvalue weighted by Crippen LogP contribution is 2.39. The molecule has 1 fully saturated rings. The van der Waals surface area contributed by atoms with Gasteiger partial charge in [0.25, 0.3) is 0 Å². The van der Waals surface area contributed by atoms with E-state index in [1.165, 1.54) is 0 Å². The maximum absolute atomic E-state index is 12.0. The molecule has 0 spiro atoms. The number of para-hydroxylation sites is 1. The van der Waals surface area contributed by atoms with Crippen LogP contribution < -0.4 is 5.01 Å². The van der Waals surface area contributed by atoms with Crippen LogP contribution in [-0.4, -0.2) is 24.3 Å². The Hall–Kier alpha value is -1.84. The topological polar surface area (TPSA) is 41.9 Å². The number of carbonyl (C=O) groups excluding carboxylic acids is 1. The van der Waals surface area contributed by atoms with Gasteiger partial charge in [-0.15, -0.1) is 0 Å². The predicted molar refractivity (Wildman–Crippen MR) is 74.1 cm³/mol. The van der Waals surface area contributed by atoms with E-state index in [9.17, 15) is 4.79 Å². The summed E-state index contributed by atoms with van der Waals surface area (Å²) in [7, 11) is 0. The smallest absolute Gasteiger partial charge is 0.354 e. The van der Waals surface area contributed by atoms with E-state index in [0.717, 1.165) is 24.9 Å². The van der Waals surface area contributed by atoms with Gasteiger partial charge in [0.2, 0.25) is 0 Å². The van der Waals surface area contributed by atoms with Gasteiger partial charge in [0.05, 0.1) is 18.3 Å². The zero-order valence-corrected chi connectivity index (χ0v) is 11.1. The van der Waals surface area contributed by atoms with Crippen LogP contribution in [-0.2, 0) is 9.53 Å². The van der Waals surface area contributed by atoms with Crippen LogP contribution in [0.3, 0.4) is 0 Å². The van der Waals surface area contributed by atoms with Gasteiger partial charge in [-0.3, -0.25) is 5.01 Å².